The molecule has 0 aromatic heterocycles. The molecule has 1 amide bonds. The van der Waals surface area contributed by atoms with E-state index in [0.29, 0.717) is 13.0 Å². The van der Waals surface area contributed by atoms with Gasteiger partial charge < -0.3 is 5.32 Å². The lowest BCUT2D eigenvalue weighted by Crippen LogP contribution is -2.55. The van der Waals surface area contributed by atoms with Crippen LogP contribution in [0.2, 0.25) is 0 Å². The molecule has 0 bridgehead atoms. The summed E-state index contributed by atoms with van der Waals surface area (Å²) >= 11 is 0. The molecule has 21 heavy (non-hydrogen) atoms. The van der Waals surface area contributed by atoms with Crippen LogP contribution in [0.4, 0.5) is 4.39 Å². The van der Waals surface area contributed by atoms with E-state index < -0.39 is 0 Å². The molecular weight excluding hydrogens is 267 g/mol. The van der Waals surface area contributed by atoms with Crippen LogP contribution in [0, 0.1) is 5.82 Å². The van der Waals surface area contributed by atoms with Crippen molar-refractivity contribution < 1.29 is 9.18 Å². The van der Waals surface area contributed by atoms with Crippen molar-refractivity contribution in [2.24, 2.45) is 0 Å². The van der Waals surface area contributed by atoms with E-state index in [1.54, 1.807) is 12.1 Å². The van der Waals surface area contributed by atoms with Crippen molar-refractivity contribution in [2.45, 2.75) is 18.5 Å². The Morgan fingerprint density at radius 1 is 1.05 bits per heavy atom. The maximum Gasteiger partial charge on any atom is 0.237 e. The predicted molar refractivity (Wildman–Crippen MR) is 79.2 cm³/mol. The highest BCUT2D eigenvalue weighted by Crippen LogP contribution is 2.18. The fourth-order valence-corrected chi connectivity index (χ4v) is 2.61. The zero-order valence-corrected chi connectivity index (χ0v) is 11.6. The molecule has 1 heterocycles. The highest BCUT2D eigenvalue weighted by atomic mass is 19.1. The molecule has 2 aromatic carbocycles. The first kappa shape index (κ1) is 13.8. The van der Waals surface area contributed by atoms with Gasteiger partial charge in [-0.05, 0) is 29.7 Å². The number of carbonyl (C=O) groups excluding carboxylic acids is 1. The molecule has 0 unspecified atom stereocenters. The normalized spacial score (nSPS) is 21.9. The molecule has 1 fully saturated rings. The summed E-state index contributed by atoms with van der Waals surface area (Å²) in [5, 5.41) is 6.27. The van der Waals surface area contributed by atoms with E-state index >= 15 is 0 Å². The van der Waals surface area contributed by atoms with Crippen LogP contribution >= 0.6 is 0 Å². The van der Waals surface area contributed by atoms with Crippen molar-refractivity contribution in [3.8, 4) is 0 Å². The average Bonchev–Trinajstić information content (AvgIpc) is 2.51. The highest BCUT2D eigenvalue weighted by Gasteiger charge is 2.28. The van der Waals surface area contributed by atoms with Gasteiger partial charge in [-0.15, -0.1) is 0 Å². The van der Waals surface area contributed by atoms with E-state index in [2.05, 4.69) is 10.6 Å². The minimum atomic E-state index is -0.267. The van der Waals surface area contributed by atoms with Gasteiger partial charge in [-0.3, -0.25) is 10.1 Å². The van der Waals surface area contributed by atoms with Crippen molar-refractivity contribution in [3.63, 3.8) is 0 Å². The number of piperazine rings is 1. The minimum absolute atomic E-state index is 0.0111. The van der Waals surface area contributed by atoms with Crippen LogP contribution in [0.15, 0.2) is 54.6 Å². The third-order valence-corrected chi connectivity index (χ3v) is 3.75. The van der Waals surface area contributed by atoms with E-state index in [1.807, 2.05) is 30.3 Å². The Kier molecular flexibility index (Phi) is 3.97. The number of amides is 1. The van der Waals surface area contributed by atoms with Gasteiger partial charge in [0.1, 0.15) is 5.82 Å². The average molecular weight is 284 g/mol. The zero-order valence-electron chi connectivity index (χ0n) is 11.6. The molecule has 0 spiro atoms. The van der Waals surface area contributed by atoms with Crippen LogP contribution in [0.1, 0.15) is 17.2 Å². The largest absolute Gasteiger partial charge is 0.353 e. The number of nitrogens with one attached hydrogen (secondary N) is 2. The third-order valence-electron chi connectivity index (χ3n) is 3.75. The maximum absolute atomic E-state index is 13.0. The quantitative estimate of drug-likeness (QED) is 0.907. The molecule has 108 valence electrons. The van der Waals surface area contributed by atoms with E-state index in [0.717, 1.165) is 11.1 Å². The highest BCUT2D eigenvalue weighted by molar-refractivity contribution is 5.83. The predicted octanol–water partition coefficient (Wildman–Crippen LogP) is 2.20. The number of carbonyl (C=O) groups is 1. The van der Waals surface area contributed by atoms with Crippen LogP contribution in [0.3, 0.4) is 0 Å². The van der Waals surface area contributed by atoms with Gasteiger partial charge in [-0.2, -0.15) is 0 Å². The second-order valence-corrected chi connectivity index (χ2v) is 5.26. The van der Waals surface area contributed by atoms with E-state index in [4.69, 9.17) is 0 Å². The Morgan fingerprint density at radius 3 is 2.48 bits per heavy atom. The molecule has 2 atom stereocenters. The van der Waals surface area contributed by atoms with Crippen LogP contribution in [-0.4, -0.2) is 18.5 Å². The summed E-state index contributed by atoms with van der Waals surface area (Å²) in [5.41, 5.74) is 2.10. The second kappa shape index (κ2) is 6.06. The molecule has 0 saturated carbocycles. The summed E-state index contributed by atoms with van der Waals surface area (Å²) in [5.74, 6) is -0.239. The second-order valence-electron chi connectivity index (χ2n) is 5.26. The molecule has 3 nitrogen and oxygen atoms in total. The summed E-state index contributed by atoms with van der Waals surface area (Å²) in [6.45, 7) is 0.524. The Labute approximate surface area is 123 Å². The third kappa shape index (κ3) is 3.28. The summed E-state index contributed by atoms with van der Waals surface area (Å²) in [4.78, 5) is 12.0. The van der Waals surface area contributed by atoms with Crippen LogP contribution in [0.25, 0.3) is 0 Å². The number of hydrogen-bond acceptors (Lipinski definition) is 2. The zero-order chi connectivity index (χ0) is 14.7. The molecule has 4 heteroatoms. The topological polar surface area (TPSA) is 41.1 Å². The summed E-state index contributed by atoms with van der Waals surface area (Å²) in [6.07, 6.45) is 0.643. The number of rotatable bonds is 3. The Bertz CT molecular complexity index is 612. The maximum atomic E-state index is 13.0. The number of hydrogen-bond donors (Lipinski definition) is 2. The van der Waals surface area contributed by atoms with E-state index in [-0.39, 0.29) is 23.8 Å². The lowest BCUT2D eigenvalue weighted by atomic mass is 9.98. The molecule has 0 radical (unpaired) electrons. The van der Waals surface area contributed by atoms with Gasteiger partial charge in [0.25, 0.3) is 0 Å². The molecule has 2 aromatic rings. The van der Waals surface area contributed by atoms with Gasteiger partial charge >= 0.3 is 0 Å². The number of benzene rings is 2. The van der Waals surface area contributed by atoms with Crippen molar-refractivity contribution in [1.82, 2.24) is 10.6 Å². The Morgan fingerprint density at radius 2 is 1.76 bits per heavy atom. The lowest BCUT2D eigenvalue weighted by Gasteiger charge is -2.31. The summed E-state index contributed by atoms with van der Waals surface area (Å²) in [7, 11) is 0. The van der Waals surface area contributed by atoms with Gasteiger partial charge in [-0.25, -0.2) is 4.39 Å². The Balaban J connectivity index is 1.72. The van der Waals surface area contributed by atoms with Gasteiger partial charge in [-0.1, -0.05) is 42.5 Å². The smallest absolute Gasteiger partial charge is 0.237 e. The molecule has 3 rings (SSSR count). The summed E-state index contributed by atoms with van der Waals surface area (Å²) in [6, 6.07) is 16.0. The van der Waals surface area contributed by atoms with Gasteiger partial charge in [0.05, 0.1) is 12.1 Å². The standard InChI is InChI=1S/C17H17FN2O/c18-14-8-6-13(7-9-14)16-11-19-17(21)15(20-16)10-12-4-2-1-3-5-12/h1-9,15-16,20H,10-11H2,(H,19,21)/t15-,16-/m0/s1. The molecule has 1 saturated heterocycles. The van der Waals surface area contributed by atoms with Crippen LogP contribution in [0.5, 0.6) is 0 Å². The molecule has 1 aliphatic rings. The van der Waals surface area contributed by atoms with Gasteiger partial charge in [0, 0.05) is 6.54 Å². The summed E-state index contributed by atoms with van der Waals surface area (Å²) < 4.78 is 13.0. The van der Waals surface area contributed by atoms with Crippen molar-refractivity contribution in [1.29, 1.82) is 0 Å². The first-order valence-corrected chi connectivity index (χ1v) is 7.05. The number of halogens is 1. The first-order valence-electron chi connectivity index (χ1n) is 7.05. The van der Waals surface area contributed by atoms with E-state index in [1.165, 1.54) is 12.1 Å². The van der Waals surface area contributed by atoms with Crippen molar-refractivity contribution in [3.05, 3.63) is 71.5 Å². The van der Waals surface area contributed by atoms with Crippen LogP contribution in [-0.2, 0) is 11.2 Å². The SMILES string of the molecule is O=C1NC[C@@H](c2ccc(F)cc2)N[C@H]1Cc1ccccc1. The van der Waals surface area contributed by atoms with Crippen molar-refractivity contribution >= 4 is 5.91 Å². The van der Waals surface area contributed by atoms with Crippen LogP contribution < -0.4 is 10.6 Å². The van der Waals surface area contributed by atoms with Gasteiger partial charge in [0.2, 0.25) is 5.91 Å². The monoisotopic (exact) mass is 284 g/mol. The minimum Gasteiger partial charge on any atom is -0.353 e. The van der Waals surface area contributed by atoms with Crippen molar-refractivity contribution in [2.75, 3.05) is 6.54 Å². The fraction of sp³-hybridized carbons (Fsp3) is 0.235. The Hall–Kier alpha value is -2.20. The molecule has 1 aliphatic heterocycles. The van der Waals surface area contributed by atoms with E-state index in [9.17, 15) is 9.18 Å². The lowest BCUT2D eigenvalue weighted by molar-refractivity contribution is -0.125. The molecule has 0 aliphatic carbocycles. The van der Waals surface area contributed by atoms with Gasteiger partial charge in [0.15, 0.2) is 0 Å². The first-order chi connectivity index (χ1) is 10.2. The molecule has 2 N–H and O–H groups in total. The fourth-order valence-electron chi connectivity index (χ4n) is 2.61. The molecular formula is C17H17FN2O.